The van der Waals surface area contributed by atoms with Gasteiger partial charge in [0.25, 0.3) is 11.5 Å². The molecule has 1 fully saturated rings. The monoisotopic (exact) mass is 314 g/mol. The Morgan fingerprint density at radius 2 is 2.26 bits per heavy atom. The summed E-state index contributed by atoms with van der Waals surface area (Å²) < 4.78 is 6.48. The molecule has 120 valence electrons. The van der Waals surface area contributed by atoms with Gasteiger partial charge in [0.2, 0.25) is 5.76 Å². The lowest BCUT2D eigenvalue weighted by Gasteiger charge is -2.23. The second kappa shape index (κ2) is 5.64. The van der Waals surface area contributed by atoms with Crippen molar-refractivity contribution in [2.45, 2.75) is 44.7 Å². The molecule has 0 bridgehead atoms. The SMILES string of the molecule is O=C(c1ccno1)N1CCCC1Cn1nc2c(cc1=O)CCC2. The number of rotatable bonds is 3. The summed E-state index contributed by atoms with van der Waals surface area (Å²) in [5.74, 6) is 0.0744. The van der Waals surface area contributed by atoms with Crippen molar-refractivity contribution in [1.29, 1.82) is 0 Å². The number of likely N-dealkylation sites (tertiary alicyclic amines) is 1. The molecule has 1 aliphatic carbocycles. The molecule has 1 aliphatic heterocycles. The minimum atomic E-state index is -0.167. The second-order valence-electron chi connectivity index (χ2n) is 6.16. The zero-order valence-electron chi connectivity index (χ0n) is 12.8. The largest absolute Gasteiger partial charge is 0.351 e. The Morgan fingerprint density at radius 3 is 3.09 bits per heavy atom. The fourth-order valence-corrected chi connectivity index (χ4v) is 3.53. The van der Waals surface area contributed by atoms with E-state index in [1.54, 1.807) is 17.0 Å². The maximum Gasteiger partial charge on any atom is 0.292 e. The molecule has 4 rings (SSSR count). The molecule has 0 spiro atoms. The molecule has 1 unspecified atom stereocenters. The van der Waals surface area contributed by atoms with Crippen molar-refractivity contribution in [3.8, 4) is 0 Å². The average Bonchev–Trinajstić information content (AvgIpc) is 3.28. The molecule has 2 aromatic heterocycles. The van der Waals surface area contributed by atoms with Gasteiger partial charge in [-0.25, -0.2) is 4.68 Å². The summed E-state index contributed by atoms with van der Waals surface area (Å²) >= 11 is 0. The fourth-order valence-electron chi connectivity index (χ4n) is 3.53. The quantitative estimate of drug-likeness (QED) is 0.845. The molecule has 1 amide bonds. The number of carbonyl (C=O) groups excluding carboxylic acids is 1. The highest BCUT2D eigenvalue weighted by Crippen LogP contribution is 2.22. The maximum atomic E-state index is 12.5. The first-order chi connectivity index (χ1) is 11.2. The van der Waals surface area contributed by atoms with Gasteiger partial charge < -0.3 is 9.42 Å². The fraction of sp³-hybridized carbons (Fsp3) is 0.500. The predicted octanol–water partition coefficient (Wildman–Crippen LogP) is 1.02. The average molecular weight is 314 g/mol. The number of carbonyl (C=O) groups is 1. The van der Waals surface area contributed by atoms with E-state index >= 15 is 0 Å². The number of hydrogen-bond acceptors (Lipinski definition) is 5. The van der Waals surface area contributed by atoms with Crippen LogP contribution in [0.15, 0.2) is 27.6 Å². The van der Waals surface area contributed by atoms with Crippen molar-refractivity contribution in [2.75, 3.05) is 6.54 Å². The maximum absolute atomic E-state index is 12.5. The van der Waals surface area contributed by atoms with Crippen molar-refractivity contribution in [3.05, 3.63) is 45.7 Å². The third-order valence-electron chi connectivity index (χ3n) is 4.69. The standard InChI is InChI=1S/C16H18N4O3/c21-15-9-11-3-1-5-13(11)18-20(15)10-12-4-2-8-19(12)16(22)14-6-7-17-23-14/h6-7,9,12H,1-5,8,10H2. The number of aromatic nitrogens is 3. The summed E-state index contributed by atoms with van der Waals surface area (Å²) in [4.78, 5) is 26.5. The topological polar surface area (TPSA) is 81.2 Å². The molecule has 2 aliphatic rings. The van der Waals surface area contributed by atoms with Crippen molar-refractivity contribution in [1.82, 2.24) is 19.8 Å². The molecule has 7 heteroatoms. The zero-order chi connectivity index (χ0) is 15.8. The summed E-state index contributed by atoms with van der Waals surface area (Å²) in [5, 5.41) is 8.09. The lowest BCUT2D eigenvalue weighted by molar-refractivity contribution is 0.0678. The Balaban J connectivity index is 1.56. The van der Waals surface area contributed by atoms with Crippen LogP contribution in [0.3, 0.4) is 0 Å². The van der Waals surface area contributed by atoms with Crippen LogP contribution in [0.1, 0.15) is 41.1 Å². The van der Waals surface area contributed by atoms with Gasteiger partial charge in [0.1, 0.15) is 0 Å². The molecule has 1 saturated heterocycles. The molecule has 0 aromatic carbocycles. The minimum Gasteiger partial charge on any atom is -0.351 e. The minimum absolute atomic E-state index is 0.0303. The van der Waals surface area contributed by atoms with Gasteiger partial charge in [-0.15, -0.1) is 0 Å². The molecule has 1 atom stereocenters. The van der Waals surface area contributed by atoms with E-state index in [0.717, 1.165) is 43.4 Å². The molecule has 23 heavy (non-hydrogen) atoms. The summed E-state index contributed by atoms with van der Waals surface area (Å²) in [6, 6.07) is 3.24. The molecule has 7 nitrogen and oxygen atoms in total. The van der Waals surface area contributed by atoms with Gasteiger partial charge in [-0.3, -0.25) is 9.59 Å². The van der Waals surface area contributed by atoms with Gasteiger partial charge in [0.05, 0.1) is 24.5 Å². The van der Waals surface area contributed by atoms with Crippen molar-refractivity contribution < 1.29 is 9.32 Å². The van der Waals surface area contributed by atoms with E-state index in [2.05, 4.69) is 10.3 Å². The Morgan fingerprint density at radius 1 is 1.35 bits per heavy atom. The van der Waals surface area contributed by atoms with E-state index in [4.69, 9.17) is 4.52 Å². The van der Waals surface area contributed by atoms with Crippen molar-refractivity contribution in [3.63, 3.8) is 0 Å². The molecule has 3 heterocycles. The smallest absolute Gasteiger partial charge is 0.292 e. The van der Waals surface area contributed by atoms with Crippen molar-refractivity contribution in [2.24, 2.45) is 0 Å². The van der Waals surface area contributed by atoms with Gasteiger partial charge in [-0.05, 0) is 37.7 Å². The second-order valence-corrected chi connectivity index (χ2v) is 6.16. The number of aryl methyl sites for hydroxylation is 2. The molecule has 0 saturated carbocycles. The lowest BCUT2D eigenvalue weighted by Crippen LogP contribution is -2.40. The van der Waals surface area contributed by atoms with Gasteiger partial charge in [-0.2, -0.15) is 5.10 Å². The molecular formula is C16H18N4O3. The number of fused-ring (bicyclic) bond motifs is 1. The summed E-state index contributed by atoms with van der Waals surface area (Å²) in [5.41, 5.74) is 2.02. The Kier molecular flexibility index (Phi) is 3.48. The molecule has 0 radical (unpaired) electrons. The molecular weight excluding hydrogens is 296 g/mol. The molecule has 2 aromatic rings. The van der Waals surface area contributed by atoms with Crippen LogP contribution < -0.4 is 5.56 Å². The van der Waals surface area contributed by atoms with E-state index in [-0.39, 0.29) is 23.3 Å². The Hall–Kier alpha value is -2.44. The highest BCUT2D eigenvalue weighted by Gasteiger charge is 2.32. The third-order valence-corrected chi connectivity index (χ3v) is 4.69. The highest BCUT2D eigenvalue weighted by molar-refractivity contribution is 5.91. The summed E-state index contributed by atoms with van der Waals surface area (Å²) in [6.45, 7) is 1.11. The first-order valence-electron chi connectivity index (χ1n) is 8.04. The van der Waals surface area contributed by atoms with Gasteiger partial charge in [-0.1, -0.05) is 5.16 Å². The van der Waals surface area contributed by atoms with Gasteiger partial charge >= 0.3 is 0 Å². The van der Waals surface area contributed by atoms with Crippen LogP contribution in [0, 0.1) is 0 Å². The van der Waals surface area contributed by atoms with E-state index < -0.39 is 0 Å². The first kappa shape index (κ1) is 14.2. The van der Waals surface area contributed by atoms with Gasteiger partial charge in [0.15, 0.2) is 0 Å². The summed E-state index contributed by atoms with van der Waals surface area (Å²) in [7, 11) is 0. The normalized spacial score (nSPS) is 20.0. The van der Waals surface area contributed by atoms with Gasteiger partial charge in [0, 0.05) is 18.7 Å². The lowest BCUT2D eigenvalue weighted by atomic mass is 10.2. The Bertz CT molecular complexity index is 781. The number of nitrogens with zero attached hydrogens (tertiary/aromatic N) is 4. The van der Waals surface area contributed by atoms with Crippen LogP contribution >= 0.6 is 0 Å². The molecule has 0 N–H and O–H groups in total. The van der Waals surface area contributed by atoms with Crippen LogP contribution in [0.5, 0.6) is 0 Å². The zero-order valence-corrected chi connectivity index (χ0v) is 12.8. The highest BCUT2D eigenvalue weighted by atomic mass is 16.5. The number of hydrogen-bond donors (Lipinski definition) is 0. The predicted molar refractivity (Wildman–Crippen MR) is 81.1 cm³/mol. The van der Waals surface area contributed by atoms with E-state index in [1.807, 2.05) is 0 Å². The van der Waals surface area contributed by atoms with Crippen LogP contribution in [0.4, 0.5) is 0 Å². The number of amides is 1. The van der Waals surface area contributed by atoms with Crippen LogP contribution in [0.2, 0.25) is 0 Å². The van der Waals surface area contributed by atoms with Crippen molar-refractivity contribution >= 4 is 5.91 Å². The first-order valence-corrected chi connectivity index (χ1v) is 8.04. The third kappa shape index (κ3) is 2.56. The van der Waals surface area contributed by atoms with E-state index in [9.17, 15) is 9.59 Å². The van der Waals surface area contributed by atoms with Crippen LogP contribution in [-0.2, 0) is 19.4 Å². The van der Waals surface area contributed by atoms with E-state index in [0.29, 0.717) is 13.1 Å². The summed E-state index contributed by atoms with van der Waals surface area (Å²) in [6.07, 6.45) is 6.18. The van der Waals surface area contributed by atoms with E-state index in [1.165, 1.54) is 10.9 Å². The Labute approximate surface area is 132 Å². The van der Waals surface area contributed by atoms with Crippen LogP contribution in [0.25, 0.3) is 0 Å². The van der Waals surface area contributed by atoms with Crippen LogP contribution in [-0.4, -0.2) is 38.3 Å².